The van der Waals surface area contributed by atoms with Gasteiger partial charge in [-0.1, -0.05) is 119 Å². The number of hydrogen-bond acceptors (Lipinski definition) is 2. The van der Waals surface area contributed by atoms with Crippen molar-refractivity contribution in [3.63, 3.8) is 0 Å². The fourth-order valence-corrected chi connectivity index (χ4v) is 4.55. The smallest absolute Gasteiger partial charge is 0.243 e. The molecule has 0 fully saturated rings. The SMILES string of the molecule is CC(C)CNC(=O)[C@@H](Cc1ccccc1)N(Cc1ccccc1Cl)C(=O)CCc1ccc(C(C)(C)C)cc1. The minimum absolute atomic E-state index is 0.0644. The molecule has 3 aromatic carbocycles. The van der Waals surface area contributed by atoms with Crippen LogP contribution < -0.4 is 5.32 Å². The Morgan fingerprint density at radius 2 is 1.50 bits per heavy atom. The molecule has 3 aromatic rings. The summed E-state index contributed by atoms with van der Waals surface area (Å²) in [6, 6.07) is 25.2. The molecule has 4 nitrogen and oxygen atoms in total. The molecule has 0 bridgehead atoms. The Kier molecular flexibility index (Phi) is 10.6. The molecular weight excluding hydrogens is 492 g/mol. The zero-order chi connectivity index (χ0) is 27.7. The van der Waals surface area contributed by atoms with Crippen molar-refractivity contribution in [1.82, 2.24) is 10.2 Å². The number of hydrogen-bond donors (Lipinski definition) is 1. The number of carbonyl (C=O) groups is 2. The number of rotatable bonds is 11. The van der Waals surface area contributed by atoms with Gasteiger partial charge in [-0.25, -0.2) is 0 Å². The van der Waals surface area contributed by atoms with Crippen LogP contribution >= 0.6 is 11.6 Å². The van der Waals surface area contributed by atoms with Crippen molar-refractivity contribution in [1.29, 1.82) is 0 Å². The Morgan fingerprint density at radius 1 is 0.868 bits per heavy atom. The lowest BCUT2D eigenvalue weighted by Crippen LogP contribution is -2.51. The average Bonchev–Trinajstić information content (AvgIpc) is 2.89. The van der Waals surface area contributed by atoms with Crippen molar-refractivity contribution >= 4 is 23.4 Å². The molecule has 0 spiro atoms. The lowest BCUT2D eigenvalue weighted by Gasteiger charge is -2.32. The normalized spacial score (nSPS) is 12.3. The molecule has 0 radical (unpaired) electrons. The average molecular weight is 533 g/mol. The number of carbonyl (C=O) groups excluding carboxylic acids is 2. The molecule has 202 valence electrons. The Hall–Kier alpha value is -3.11. The summed E-state index contributed by atoms with van der Waals surface area (Å²) in [4.78, 5) is 29.1. The molecular formula is C33H41ClN2O2. The van der Waals surface area contributed by atoms with E-state index in [2.05, 4.69) is 64.2 Å². The first-order chi connectivity index (χ1) is 18.0. The van der Waals surface area contributed by atoms with Crippen LogP contribution in [0.3, 0.4) is 0 Å². The van der Waals surface area contributed by atoms with Crippen LogP contribution in [-0.4, -0.2) is 29.3 Å². The minimum Gasteiger partial charge on any atom is -0.354 e. The van der Waals surface area contributed by atoms with Gasteiger partial charge in [0.05, 0.1) is 0 Å². The molecule has 0 heterocycles. The van der Waals surface area contributed by atoms with Crippen LogP contribution in [0.1, 0.15) is 63.3 Å². The molecule has 3 rings (SSSR count). The van der Waals surface area contributed by atoms with Gasteiger partial charge in [0.25, 0.3) is 0 Å². The summed E-state index contributed by atoms with van der Waals surface area (Å²) in [5, 5.41) is 3.65. The highest BCUT2D eigenvalue weighted by Gasteiger charge is 2.30. The highest BCUT2D eigenvalue weighted by Crippen LogP contribution is 2.24. The van der Waals surface area contributed by atoms with Gasteiger partial charge in [-0.15, -0.1) is 0 Å². The molecule has 1 N–H and O–H groups in total. The number of halogens is 1. The largest absolute Gasteiger partial charge is 0.354 e. The van der Waals surface area contributed by atoms with E-state index in [4.69, 9.17) is 11.6 Å². The van der Waals surface area contributed by atoms with Crippen LogP contribution in [0.5, 0.6) is 0 Å². The van der Waals surface area contributed by atoms with Crippen LogP contribution in [0.2, 0.25) is 5.02 Å². The number of amides is 2. The molecule has 0 aliphatic rings. The topological polar surface area (TPSA) is 49.4 Å². The summed E-state index contributed by atoms with van der Waals surface area (Å²) in [6.45, 7) is 11.5. The molecule has 0 aromatic heterocycles. The monoisotopic (exact) mass is 532 g/mol. The maximum Gasteiger partial charge on any atom is 0.243 e. The number of aryl methyl sites for hydroxylation is 1. The Morgan fingerprint density at radius 3 is 2.11 bits per heavy atom. The van der Waals surface area contributed by atoms with Crippen LogP contribution in [0.15, 0.2) is 78.9 Å². The van der Waals surface area contributed by atoms with Gasteiger partial charge in [0, 0.05) is 31.0 Å². The van der Waals surface area contributed by atoms with E-state index in [9.17, 15) is 9.59 Å². The maximum absolute atomic E-state index is 13.8. The number of nitrogens with zero attached hydrogens (tertiary/aromatic N) is 1. The van der Waals surface area contributed by atoms with Gasteiger partial charge in [0.15, 0.2) is 0 Å². The first-order valence-electron chi connectivity index (χ1n) is 13.5. The summed E-state index contributed by atoms with van der Waals surface area (Å²) in [5.74, 6) is 0.100. The molecule has 0 unspecified atom stereocenters. The number of nitrogens with one attached hydrogen (secondary N) is 1. The molecule has 0 aliphatic heterocycles. The Labute approximate surface area is 233 Å². The highest BCUT2D eigenvalue weighted by molar-refractivity contribution is 6.31. The highest BCUT2D eigenvalue weighted by atomic mass is 35.5. The third kappa shape index (κ3) is 8.73. The quantitative estimate of drug-likeness (QED) is 0.289. The molecule has 0 saturated heterocycles. The second-order valence-electron chi connectivity index (χ2n) is 11.4. The summed E-state index contributed by atoms with van der Waals surface area (Å²) in [6.07, 6.45) is 1.34. The minimum atomic E-state index is -0.650. The van der Waals surface area contributed by atoms with Gasteiger partial charge in [0.1, 0.15) is 6.04 Å². The zero-order valence-electron chi connectivity index (χ0n) is 23.3. The van der Waals surface area contributed by atoms with Crippen LogP contribution in [-0.2, 0) is 34.4 Å². The van der Waals surface area contributed by atoms with E-state index in [0.717, 1.165) is 16.7 Å². The van der Waals surface area contributed by atoms with Gasteiger partial charge in [-0.3, -0.25) is 9.59 Å². The van der Waals surface area contributed by atoms with Gasteiger partial charge in [0.2, 0.25) is 11.8 Å². The first kappa shape index (κ1) is 29.4. The molecule has 38 heavy (non-hydrogen) atoms. The maximum atomic E-state index is 13.8. The fraction of sp³-hybridized carbons (Fsp3) is 0.394. The van der Waals surface area contributed by atoms with E-state index in [1.807, 2.05) is 54.6 Å². The van der Waals surface area contributed by atoms with E-state index in [1.165, 1.54) is 5.56 Å². The van der Waals surface area contributed by atoms with Crippen molar-refractivity contribution in [2.75, 3.05) is 6.54 Å². The molecule has 0 aliphatic carbocycles. The third-order valence-electron chi connectivity index (χ3n) is 6.70. The van der Waals surface area contributed by atoms with Gasteiger partial charge >= 0.3 is 0 Å². The fourth-order valence-electron chi connectivity index (χ4n) is 4.35. The lowest BCUT2D eigenvalue weighted by atomic mass is 9.86. The van der Waals surface area contributed by atoms with E-state index in [-0.39, 0.29) is 23.8 Å². The van der Waals surface area contributed by atoms with Gasteiger partial charge in [-0.2, -0.15) is 0 Å². The van der Waals surface area contributed by atoms with E-state index in [0.29, 0.717) is 36.7 Å². The van der Waals surface area contributed by atoms with E-state index in [1.54, 1.807) is 4.90 Å². The lowest BCUT2D eigenvalue weighted by molar-refractivity contribution is -0.141. The predicted octanol–water partition coefficient (Wildman–Crippen LogP) is 6.98. The van der Waals surface area contributed by atoms with E-state index >= 15 is 0 Å². The molecule has 5 heteroatoms. The van der Waals surface area contributed by atoms with Crippen LogP contribution in [0.4, 0.5) is 0 Å². The standard InChI is InChI=1S/C33H41ClN2O2/c1-24(2)22-35-32(38)30(21-26-11-7-6-8-12-26)36(23-27-13-9-10-14-29(27)34)31(37)20-17-25-15-18-28(19-16-25)33(3,4)5/h6-16,18-19,24,30H,17,20-23H2,1-5H3,(H,35,38)/t30-/m1/s1. The summed E-state index contributed by atoms with van der Waals surface area (Å²) in [5.41, 5.74) is 4.28. The van der Waals surface area contributed by atoms with Crippen LogP contribution in [0, 0.1) is 5.92 Å². The second-order valence-corrected chi connectivity index (χ2v) is 11.8. The van der Waals surface area contributed by atoms with Gasteiger partial charge in [-0.05, 0) is 46.1 Å². The first-order valence-corrected chi connectivity index (χ1v) is 13.9. The van der Waals surface area contributed by atoms with E-state index < -0.39 is 6.04 Å². The third-order valence-corrected chi connectivity index (χ3v) is 7.07. The van der Waals surface area contributed by atoms with Crippen molar-refractivity contribution < 1.29 is 9.59 Å². The summed E-state index contributed by atoms with van der Waals surface area (Å²) >= 11 is 6.51. The number of benzene rings is 3. The van der Waals surface area contributed by atoms with Crippen molar-refractivity contribution in [2.45, 2.75) is 71.9 Å². The Bertz CT molecular complexity index is 1180. The second kappa shape index (κ2) is 13.6. The predicted molar refractivity (Wildman–Crippen MR) is 157 cm³/mol. The van der Waals surface area contributed by atoms with Crippen molar-refractivity contribution in [3.8, 4) is 0 Å². The van der Waals surface area contributed by atoms with Crippen molar-refractivity contribution in [3.05, 3.63) is 106 Å². The molecule has 0 saturated carbocycles. The summed E-state index contributed by atoms with van der Waals surface area (Å²) in [7, 11) is 0. The Balaban J connectivity index is 1.88. The summed E-state index contributed by atoms with van der Waals surface area (Å²) < 4.78 is 0. The van der Waals surface area contributed by atoms with Crippen LogP contribution in [0.25, 0.3) is 0 Å². The molecule has 2 amide bonds. The van der Waals surface area contributed by atoms with Crippen molar-refractivity contribution in [2.24, 2.45) is 5.92 Å². The van der Waals surface area contributed by atoms with Gasteiger partial charge < -0.3 is 10.2 Å². The molecule has 1 atom stereocenters. The zero-order valence-corrected chi connectivity index (χ0v) is 24.1.